The highest BCUT2D eigenvalue weighted by Gasteiger charge is 1.99. The molecule has 0 atom stereocenters. The fourth-order valence-corrected chi connectivity index (χ4v) is 1.00. The number of aromatic nitrogens is 7. The molecular weight excluding hydrogens is 170 g/mol. The topological polar surface area (TPSA) is 74.3 Å². The highest BCUT2D eigenvalue weighted by atomic mass is 15.5. The van der Waals surface area contributed by atoms with Gasteiger partial charge in [-0.05, 0) is 17.4 Å². The molecule has 0 amide bonds. The van der Waals surface area contributed by atoms with Crippen LogP contribution in [-0.4, -0.2) is 35.0 Å². The van der Waals surface area contributed by atoms with E-state index in [-0.39, 0.29) is 0 Å². The van der Waals surface area contributed by atoms with E-state index >= 15 is 0 Å². The minimum absolute atomic E-state index is 0.711. The Balaban J connectivity index is 1.97. The van der Waals surface area contributed by atoms with Crippen molar-refractivity contribution in [1.29, 1.82) is 0 Å². The third-order valence-corrected chi connectivity index (χ3v) is 1.72. The summed E-state index contributed by atoms with van der Waals surface area (Å²) in [6.45, 7) is 3.30. The fraction of sp³-hybridized carbons (Fsp3) is 0.500. The number of tetrazole rings is 1. The van der Waals surface area contributed by atoms with Crippen LogP contribution < -0.4 is 0 Å². The largest absolute Gasteiger partial charge is 0.251 e. The molecule has 0 unspecified atom stereocenters. The van der Waals surface area contributed by atoms with Gasteiger partial charge in [-0.3, -0.25) is 4.68 Å². The Kier molecular flexibility index (Phi) is 1.99. The van der Waals surface area contributed by atoms with Crippen molar-refractivity contribution in [2.24, 2.45) is 0 Å². The Morgan fingerprint density at radius 3 is 2.92 bits per heavy atom. The van der Waals surface area contributed by atoms with E-state index in [1.54, 1.807) is 15.7 Å². The van der Waals surface area contributed by atoms with Crippen molar-refractivity contribution in [3.8, 4) is 0 Å². The molecule has 2 aromatic rings. The molecular formula is C6H9N7. The average molecular weight is 179 g/mol. The van der Waals surface area contributed by atoms with Crippen molar-refractivity contribution in [3.05, 3.63) is 18.5 Å². The van der Waals surface area contributed by atoms with Crippen molar-refractivity contribution < 1.29 is 0 Å². The standard InChI is InChI=1S/C6H9N7/c1-6-9-10-11-13(6)3-2-12-5-7-4-8-12/h4-5H,2-3H2,1H3. The molecule has 13 heavy (non-hydrogen) atoms. The first-order valence-electron chi connectivity index (χ1n) is 3.91. The van der Waals surface area contributed by atoms with Gasteiger partial charge < -0.3 is 0 Å². The average Bonchev–Trinajstić information content (AvgIpc) is 2.72. The molecule has 0 spiro atoms. The lowest BCUT2D eigenvalue weighted by Crippen LogP contribution is -2.10. The minimum atomic E-state index is 0.711. The van der Waals surface area contributed by atoms with E-state index in [0.29, 0.717) is 6.54 Å². The van der Waals surface area contributed by atoms with Gasteiger partial charge >= 0.3 is 0 Å². The molecule has 0 aliphatic rings. The summed E-state index contributed by atoms with van der Waals surface area (Å²) in [7, 11) is 0. The minimum Gasteiger partial charge on any atom is -0.251 e. The molecule has 0 N–H and O–H groups in total. The first-order chi connectivity index (χ1) is 6.36. The Morgan fingerprint density at radius 1 is 1.38 bits per heavy atom. The zero-order valence-corrected chi connectivity index (χ0v) is 7.20. The first-order valence-corrected chi connectivity index (χ1v) is 3.91. The van der Waals surface area contributed by atoms with Gasteiger partial charge in [-0.15, -0.1) is 5.10 Å². The predicted octanol–water partition coefficient (Wildman–Crippen LogP) is -0.727. The molecule has 0 aliphatic heterocycles. The number of aryl methyl sites for hydroxylation is 3. The molecule has 2 heterocycles. The zero-order chi connectivity index (χ0) is 9.10. The Labute approximate surface area is 74.4 Å². The summed E-state index contributed by atoms with van der Waals surface area (Å²) in [5.74, 6) is 0.806. The summed E-state index contributed by atoms with van der Waals surface area (Å²) >= 11 is 0. The normalized spacial score (nSPS) is 10.5. The van der Waals surface area contributed by atoms with Gasteiger partial charge in [0.1, 0.15) is 18.5 Å². The molecule has 7 heteroatoms. The summed E-state index contributed by atoms with van der Waals surface area (Å²) < 4.78 is 3.46. The third-order valence-electron chi connectivity index (χ3n) is 1.72. The first kappa shape index (κ1) is 7.84. The predicted molar refractivity (Wildman–Crippen MR) is 42.6 cm³/mol. The molecule has 0 saturated carbocycles. The van der Waals surface area contributed by atoms with Gasteiger partial charge in [-0.2, -0.15) is 5.10 Å². The Hall–Kier alpha value is -1.79. The maximum Gasteiger partial charge on any atom is 0.148 e. The molecule has 0 aromatic carbocycles. The van der Waals surface area contributed by atoms with Crippen molar-refractivity contribution in [2.75, 3.05) is 0 Å². The van der Waals surface area contributed by atoms with Gasteiger partial charge in [0, 0.05) is 0 Å². The maximum absolute atomic E-state index is 3.97. The van der Waals surface area contributed by atoms with Gasteiger partial charge in [0.25, 0.3) is 0 Å². The van der Waals surface area contributed by atoms with Crippen LogP contribution in [0.15, 0.2) is 12.7 Å². The van der Waals surface area contributed by atoms with Gasteiger partial charge in [-0.25, -0.2) is 9.67 Å². The molecule has 0 aliphatic carbocycles. The van der Waals surface area contributed by atoms with Crippen LogP contribution in [0.5, 0.6) is 0 Å². The molecule has 0 radical (unpaired) electrons. The SMILES string of the molecule is Cc1nnnn1CCn1cncn1. The summed E-state index contributed by atoms with van der Waals surface area (Å²) in [5, 5.41) is 15.1. The fourth-order valence-electron chi connectivity index (χ4n) is 1.00. The van der Waals surface area contributed by atoms with Crippen LogP contribution in [0.25, 0.3) is 0 Å². The van der Waals surface area contributed by atoms with Crippen molar-refractivity contribution in [3.63, 3.8) is 0 Å². The molecule has 7 nitrogen and oxygen atoms in total. The van der Waals surface area contributed by atoms with Gasteiger partial charge in [0.2, 0.25) is 0 Å². The summed E-state index contributed by atoms with van der Waals surface area (Å²) in [5.41, 5.74) is 0. The number of rotatable bonds is 3. The van der Waals surface area contributed by atoms with Crippen molar-refractivity contribution >= 4 is 0 Å². The van der Waals surface area contributed by atoms with Crippen LogP contribution in [0, 0.1) is 6.92 Å². The quantitative estimate of drug-likeness (QED) is 0.621. The molecule has 2 aromatic heterocycles. The Morgan fingerprint density at radius 2 is 2.31 bits per heavy atom. The monoisotopic (exact) mass is 179 g/mol. The second-order valence-corrected chi connectivity index (χ2v) is 2.61. The van der Waals surface area contributed by atoms with E-state index in [1.165, 1.54) is 6.33 Å². The van der Waals surface area contributed by atoms with E-state index < -0.39 is 0 Å². The zero-order valence-electron chi connectivity index (χ0n) is 7.20. The lowest BCUT2D eigenvalue weighted by atomic mass is 10.6. The second-order valence-electron chi connectivity index (χ2n) is 2.61. The highest BCUT2D eigenvalue weighted by molar-refractivity contribution is 4.72. The summed E-state index contributed by atoms with van der Waals surface area (Å²) in [6, 6.07) is 0. The van der Waals surface area contributed by atoms with E-state index in [2.05, 4.69) is 25.6 Å². The van der Waals surface area contributed by atoms with Crippen LogP contribution in [-0.2, 0) is 13.1 Å². The van der Waals surface area contributed by atoms with Crippen LogP contribution in [0.2, 0.25) is 0 Å². The van der Waals surface area contributed by atoms with Crippen LogP contribution in [0.1, 0.15) is 5.82 Å². The number of hydrogen-bond acceptors (Lipinski definition) is 5. The summed E-state index contributed by atoms with van der Waals surface area (Å²) in [6.07, 6.45) is 3.17. The third kappa shape index (κ3) is 1.68. The van der Waals surface area contributed by atoms with E-state index in [9.17, 15) is 0 Å². The number of nitrogens with zero attached hydrogens (tertiary/aromatic N) is 7. The lowest BCUT2D eigenvalue weighted by molar-refractivity contribution is 0.482. The molecule has 68 valence electrons. The van der Waals surface area contributed by atoms with Gasteiger partial charge in [-0.1, -0.05) is 0 Å². The van der Waals surface area contributed by atoms with Crippen LogP contribution in [0.4, 0.5) is 0 Å². The van der Waals surface area contributed by atoms with Crippen LogP contribution in [0.3, 0.4) is 0 Å². The van der Waals surface area contributed by atoms with E-state index in [4.69, 9.17) is 0 Å². The molecule has 0 fully saturated rings. The molecule has 2 rings (SSSR count). The van der Waals surface area contributed by atoms with Gasteiger partial charge in [0.05, 0.1) is 13.1 Å². The van der Waals surface area contributed by atoms with Crippen molar-refractivity contribution in [1.82, 2.24) is 35.0 Å². The smallest absolute Gasteiger partial charge is 0.148 e. The van der Waals surface area contributed by atoms with Gasteiger partial charge in [0.15, 0.2) is 0 Å². The summed E-state index contributed by atoms with van der Waals surface area (Å²) in [4.78, 5) is 3.84. The maximum atomic E-state index is 3.97. The number of hydrogen-bond donors (Lipinski definition) is 0. The van der Waals surface area contributed by atoms with Crippen LogP contribution >= 0.6 is 0 Å². The van der Waals surface area contributed by atoms with E-state index in [1.807, 2.05) is 6.92 Å². The molecule has 0 saturated heterocycles. The van der Waals surface area contributed by atoms with E-state index in [0.717, 1.165) is 12.4 Å². The van der Waals surface area contributed by atoms with Crippen molar-refractivity contribution in [2.45, 2.75) is 20.0 Å². The molecule has 0 bridgehead atoms. The lowest BCUT2D eigenvalue weighted by Gasteiger charge is -2.00. The Bertz CT molecular complexity index is 362. The second kappa shape index (κ2) is 3.30. The highest BCUT2D eigenvalue weighted by Crippen LogP contribution is 1.90.